The minimum atomic E-state index is -0.530. The maximum atomic E-state index is 11.1. The Morgan fingerprint density at radius 3 is 0.902 bits per heavy atom. The van der Waals surface area contributed by atoms with Crippen molar-refractivity contribution in [3.63, 3.8) is 0 Å². The first kappa shape index (κ1) is 63.8. The molecule has 12 fully saturated rings. The predicted octanol–water partition coefficient (Wildman–Crippen LogP) is 11.6. The van der Waals surface area contributed by atoms with Crippen LogP contribution in [0.3, 0.4) is 0 Å². The lowest BCUT2D eigenvalue weighted by atomic mass is 9.73. The van der Waals surface area contributed by atoms with Crippen LogP contribution in [-0.2, 0) is 13.2 Å². The van der Waals surface area contributed by atoms with Crippen molar-refractivity contribution < 1.29 is 30.6 Å². The average Bonchev–Trinajstić information content (AvgIpc) is 0.998. The molecule has 12 aliphatic rings. The van der Waals surface area contributed by atoms with E-state index in [1.165, 1.54) is 25.7 Å². The van der Waals surface area contributed by atoms with Crippen LogP contribution in [-0.4, -0.2) is 147 Å². The van der Waals surface area contributed by atoms with Gasteiger partial charge in [-0.05, 0) is 219 Å². The van der Waals surface area contributed by atoms with Gasteiger partial charge >= 0.3 is 0 Å². The molecule has 12 saturated heterocycles. The van der Waals surface area contributed by atoms with Gasteiger partial charge in [-0.25, -0.2) is 0 Å². The molecule has 0 radical (unpaired) electrons. The number of aliphatic hydroxyl groups excluding tert-OH is 6. The Balaban J connectivity index is 0.000000112. The highest BCUT2D eigenvalue weighted by molar-refractivity contribution is 5.85. The van der Waals surface area contributed by atoms with Crippen LogP contribution < -0.4 is 0 Å². The molecule has 16 heterocycles. The minimum Gasteiger partial charge on any atom is -0.392 e. The molecule has 20 rings (SSSR count). The van der Waals surface area contributed by atoms with E-state index in [0.717, 1.165) is 155 Å². The minimum absolute atomic E-state index is 0.000980. The molecular weight excluding hydrogens is 1140 g/mol. The Bertz CT molecular complexity index is 3660. The van der Waals surface area contributed by atoms with Gasteiger partial charge in [0, 0.05) is 96.7 Å². The van der Waals surface area contributed by atoms with Crippen molar-refractivity contribution in [3.05, 3.63) is 218 Å². The highest BCUT2D eigenvalue weighted by atomic mass is 16.3. The Morgan fingerprint density at radius 2 is 0.641 bits per heavy atom. The van der Waals surface area contributed by atoms with E-state index in [0.29, 0.717) is 47.3 Å². The first-order chi connectivity index (χ1) is 45.0. The number of nitrogens with zero attached hydrogens (tertiary/aromatic N) is 8. The number of aromatic nitrogens is 4. The van der Waals surface area contributed by atoms with Crippen molar-refractivity contribution >= 4 is 43.6 Å². The number of pyridine rings is 4. The Morgan fingerprint density at radius 1 is 0.370 bits per heavy atom. The van der Waals surface area contributed by atoms with Crippen molar-refractivity contribution in [1.29, 1.82) is 0 Å². The summed E-state index contributed by atoms with van der Waals surface area (Å²) in [5.41, 5.74) is 9.20. The molecule has 92 heavy (non-hydrogen) atoms. The summed E-state index contributed by atoms with van der Waals surface area (Å²) in [5, 5.41) is 67.2. The van der Waals surface area contributed by atoms with Crippen molar-refractivity contribution in [2.45, 2.75) is 113 Å². The van der Waals surface area contributed by atoms with E-state index in [4.69, 9.17) is 0 Å². The summed E-state index contributed by atoms with van der Waals surface area (Å²) in [5.74, 6) is 4.90. The zero-order valence-corrected chi connectivity index (χ0v) is 53.1. The monoisotopic (exact) mass is 1240 g/mol. The maximum absolute atomic E-state index is 11.1. The van der Waals surface area contributed by atoms with E-state index >= 15 is 0 Å². The van der Waals surface area contributed by atoms with Gasteiger partial charge in [-0.15, -0.1) is 26.3 Å². The van der Waals surface area contributed by atoms with Crippen LogP contribution in [0.5, 0.6) is 0 Å². The molecule has 4 aromatic heterocycles. The molecule has 12 aliphatic heterocycles. The molecule has 6 N–H and O–H groups in total. The first-order valence-corrected chi connectivity index (χ1v) is 33.8. The van der Waals surface area contributed by atoms with Crippen LogP contribution in [0.4, 0.5) is 0 Å². The summed E-state index contributed by atoms with van der Waals surface area (Å²) < 4.78 is 0. The van der Waals surface area contributed by atoms with E-state index in [-0.39, 0.29) is 37.4 Å². The molecule has 0 aliphatic carbocycles. The third-order valence-corrected chi connectivity index (χ3v) is 22.8. The zero-order chi connectivity index (χ0) is 63.6. The third-order valence-electron chi connectivity index (χ3n) is 22.8. The summed E-state index contributed by atoms with van der Waals surface area (Å²) >= 11 is 0. The third kappa shape index (κ3) is 12.8. The van der Waals surface area contributed by atoms with Gasteiger partial charge in [-0.3, -0.25) is 39.5 Å². The Labute approximate surface area is 542 Å². The van der Waals surface area contributed by atoms with Gasteiger partial charge in [0.1, 0.15) is 0 Å². The van der Waals surface area contributed by atoms with E-state index in [9.17, 15) is 30.6 Å². The van der Waals surface area contributed by atoms with Crippen molar-refractivity contribution in [3.8, 4) is 0 Å². The molecule has 20 atom stereocenters. The number of piperidine rings is 12. The van der Waals surface area contributed by atoms with Crippen molar-refractivity contribution in [2.24, 2.45) is 47.3 Å². The molecule has 8 aromatic rings. The number of aliphatic hydroxyl groups is 6. The molecule has 4 aromatic carbocycles. The maximum Gasteiger partial charge on any atom is 0.0952 e. The van der Waals surface area contributed by atoms with Gasteiger partial charge in [0.2, 0.25) is 0 Å². The number of rotatable bonds is 14. The predicted molar refractivity (Wildman–Crippen MR) is 366 cm³/mol. The van der Waals surface area contributed by atoms with E-state index < -0.39 is 24.4 Å². The number of benzene rings is 4. The molecular formula is C78H92N8O6. The van der Waals surface area contributed by atoms with E-state index in [2.05, 4.69) is 102 Å². The molecule has 0 saturated carbocycles. The molecule has 8 unspecified atom stereocenters. The topological polar surface area (TPSA) is 186 Å². The molecule has 14 heteroatoms. The standard InChI is InChI=1S/2C20H24N2O2.2C19H22N2O/c2*1-2-14-11-22-8-6-15(14)10-19(22)20(24)16-5-7-21-18-4-3-13(12-23)9-17(16)18;2*1-2-13-12-21-10-8-14(13)11-18(21)19(22)16-7-9-20-17-6-4-3-5-15(16)17/h2*2-5,7,9,14-15,19-20,23-24H,1,6,8,10-12H2;2*2-7,9,13-14,18-19,22H,1,8,10-12H2/t14-,15?,19+,20+;14-,15?,19+,20-;13-,14?,18+,19+;13-,14?,18+,19-/m0000/s1. The summed E-state index contributed by atoms with van der Waals surface area (Å²) in [6.45, 7) is 24.3. The summed E-state index contributed by atoms with van der Waals surface area (Å²) in [7, 11) is 0. The Hall–Kier alpha value is -6.92. The summed E-state index contributed by atoms with van der Waals surface area (Å²) in [4.78, 5) is 27.3. The number of fused-ring (bicyclic) bond motifs is 16. The highest BCUT2D eigenvalue weighted by Crippen LogP contribution is 2.46. The molecule has 0 spiro atoms. The van der Waals surface area contributed by atoms with Gasteiger partial charge in [0.05, 0.1) is 59.7 Å². The van der Waals surface area contributed by atoms with Crippen LogP contribution in [0.1, 0.15) is 109 Å². The lowest BCUT2D eigenvalue weighted by Crippen LogP contribution is -2.54. The second-order valence-electron chi connectivity index (χ2n) is 27.4. The summed E-state index contributed by atoms with van der Waals surface area (Å²) in [6, 6.07) is 36.2. The first-order valence-electron chi connectivity index (χ1n) is 33.8. The summed E-state index contributed by atoms with van der Waals surface area (Å²) in [6.07, 6.45) is 22.6. The quantitative estimate of drug-likeness (QED) is 0.0565. The fraction of sp³-hybridized carbons (Fsp3) is 0.436. The number of hydrogen-bond acceptors (Lipinski definition) is 14. The smallest absolute Gasteiger partial charge is 0.0952 e. The lowest BCUT2D eigenvalue weighted by molar-refractivity contribution is -0.0445. The average molecular weight is 1240 g/mol. The van der Waals surface area contributed by atoms with Gasteiger partial charge in [0.25, 0.3) is 0 Å². The largest absolute Gasteiger partial charge is 0.392 e. The van der Waals surface area contributed by atoms with Gasteiger partial charge < -0.3 is 30.6 Å². The van der Waals surface area contributed by atoms with Gasteiger partial charge in [-0.2, -0.15) is 0 Å². The molecule has 14 nitrogen and oxygen atoms in total. The van der Waals surface area contributed by atoms with Crippen LogP contribution in [0.2, 0.25) is 0 Å². The van der Waals surface area contributed by atoms with Gasteiger partial charge in [0.15, 0.2) is 0 Å². The lowest BCUT2D eigenvalue weighted by Gasteiger charge is -2.50. The van der Waals surface area contributed by atoms with Gasteiger partial charge in [-0.1, -0.05) is 72.8 Å². The Kier molecular flexibility index (Phi) is 19.7. The van der Waals surface area contributed by atoms with E-state index in [1.54, 1.807) is 12.4 Å². The second kappa shape index (κ2) is 28.3. The van der Waals surface area contributed by atoms with Crippen LogP contribution >= 0.6 is 0 Å². The van der Waals surface area contributed by atoms with Crippen molar-refractivity contribution in [2.75, 3.05) is 52.4 Å². The number of hydrogen-bond donors (Lipinski definition) is 6. The zero-order valence-electron chi connectivity index (χ0n) is 53.1. The fourth-order valence-corrected chi connectivity index (χ4v) is 17.5. The van der Waals surface area contributed by atoms with Crippen LogP contribution in [0, 0.1) is 47.3 Å². The van der Waals surface area contributed by atoms with Crippen molar-refractivity contribution in [1.82, 2.24) is 39.5 Å². The SMILES string of the molecule is C=C[C@H]1CN2CCC1C[C@@H]2[C@@H](O)c1ccnc2ccc(CO)cc12.C=C[C@H]1CN2CCC1C[C@@H]2[C@@H](O)c1ccnc2ccccc12.C=C[C@H]1CN2CCC1C[C@@H]2[C@H](O)c1ccnc2ccc(CO)cc12.C=C[C@H]1CN2CCC1C[C@@H]2[C@H](O)c1ccnc2ccccc12. The number of para-hydroxylation sites is 2. The van der Waals surface area contributed by atoms with Crippen LogP contribution in [0.15, 0.2) is 185 Å². The molecule has 8 bridgehead atoms. The highest BCUT2D eigenvalue weighted by Gasteiger charge is 2.46. The molecule has 0 amide bonds. The normalized spacial score (nSPS) is 31.2. The van der Waals surface area contributed by atoms with Crippen LogP contribution in [0.25, 0.3) is 43.6 Å². The van der Waals surface area contributed by atoms with E-state index in [1.807, 2.05) is 109 Å². The second-order valence-corrected chi connectivity index (χ2v) is 27.4. The fourth-order valence-electron chi connectivity index (χ4n) is 17.5. The molecule has 480 valence electrons.